The lowest BCUT2D eigenvalue weighted by molar-refractivity contribution is -0.219. The molecule has 0 fully saturated rings. The van der Waals surface area contributed by atoms with Gasteiger partial charge in [-0.2, -0.15) is 26.3 Å². The van der Waals surface area contributed by atoms with Crippen LogP contribution in [0.5, 0.6) is 0 Å². The van der Waals surface area contributed by atoms with Crippen molar-refractivity contribution in [1.29, 1.82) is 5.41 Å². The summed E-state index contributed by atoms with van der Waals surface area (Å²) in [5.41, 5.74) is 3.39. The Labute approximate surface area is 206 Å². The first-order valence-corrected chi connectivity index (χ1v) is 11.3. The second kappa shape index (κ2) is 10.9. The number of alkyl halides is 6. The maximum absolute atomic E-state index is 11.1. The second-order valence-corrected chi connectivity index (χ2v) is 8.76. The number of fused-ring (bicyclic) bond motifs is 3. The first-order chi connectivity index (χ1) is 16.4. The second-order valence-electron chi connectivity index (χ2n) is 7.91. The number of nitrogens with one attached hydrogen (secondary N) is 2. The molecule has 1 aliphatic heterocycles. The van der Waals surface area contributed by atoms with Crippen molar-refractivity contribution < 1.29 is 31.1 Å². The lowest BCUT2D eigenvalue weighted by Crippen LogP contribution is -2.34. The van der Waals surface area contributed by atoms with Crippen LogP contribution in [0.2, 0.25) is 0 Å². The van der Waals surface area contributed by atoms with Crippen molar-refractivity contribution in [2.24, 2.45) is 0 Å². The molecule has 3 aromatic rings. The predicted octanol–water partition coefficient (Wildman–Crippen LogP) is 7.70. The zero-order chi connectivity index (χ0) is 25.8. The molecule has 0 aliphatic carbocycles. The predicted molar refractivity (Wildman–Crippen MR) is 128 cm³/mol. The Balaban J connectivity index is 0.000000266. The molecule has 35 heavy (non-hydrogen) atoms. The highest BCUT2D eigenvalue weighted by atomic mass is 79.9. The summed E-state index contributed by atoms with van der Waals surface area (Å²) in [7, 11) is 0. The van der Waals surface area contributed by atoms with Gasteiger partial charge in [0.1, 0.15) is 13.2 Å². The van der Waals surface area contributed by atoms with E-state index >= 15 is 0 Å². The fraction of sp³-hybridized carbons (Fsp3) is 0.292. The van der Waals surface area contributed by atoms with Crippen molar-refractivity contribution in [2.75, 3.05) is 30.0 Å². The van der Waals surface area contributed by atoms with Crippen LogP contribution in [0.25, 0.3) is 10.8 Å². The number of benzene rings is 3. The summed E-state index contributed by atoms with van der Waals surface area (Å²) in [6.07, 6.45) is -9.41. The van der Waals surface area contributed by atoms with E-state index in [4.69, 9.17) is 5.41 Å². The molecule has 4 rings (SSSR count). The molecular weight excluding hydrogens is 540 g/mol. The summed E-state index contributed by atoms with van der Waals surface area (Å²) in [6.45, 7) is -0.687. The summed E-state index contributed by atoms with van der Waals surface area (Å²) in [4.78, 5) is 2.06. The Morgan fingerprint density at radius 1 is 0.943 bits per heavy atom. The Kier molecular flexibility index (Phi) is 8.32. The highest BCUT2D eigenvalue weighted by Crippen LogP contribution is 2.42. The van der Waals surface area contributed by atoms with Gasteiger partial charge in [-0.3, -0.25) is 5.41 Å². The number of halogens is 7. The smallest absolute Gasteiger partial charge is 0.363 e. The lowest BCUT2D eigenvalue weighted by Gasteiger charge is -2.21. The molecule has 4 nitrogen and oxygen atoms in total. The summed E-state index contributed by atoms with van der Waals surface area (Å²) in [5.74, 6) is 0.803. The Morgan fingerprint density at radius 3 is 2.17 bits per heavy atom. The number of guanidine groups is 1. The lowest BCUT2D eigenvalue weighted by atomic mass is 9.96. The van der Waals surface area contributed by atoms with Crippen LogP contribution in [0.15, 0.2) is 65.1 Å². The van der Waals surface area contributed by atoms with Crippen LogP contribution in [0.3, 0.4) is 0 Å². The van der Waals surface area contributed by atoms with E-state index < -0.39 is 25.6 Å². The minimum atomic E-state index is -4.70. The third-order valence-corrected chi connectivity index (χ3v) is 5.80. The van der Waals surface area contributed by atoms with Gasteiger partial charge >= 0.3 is 12.4 Å². The average Bonchev–Trinajstić information content (AvgIpc) is 3.10. The van der Waals surface area contributed by atoms with Gasteiger partial charge in [-0.25, -0.2) is 0 Å². The van der Waals surface area contributed by atoms with E-state index in [1.54, 1.807) is 0 Å². The number of hydrogen-bond acceptors (Lipinski definition) is 2. The van der Waals surface area contributed by atoms with Crippen LogP contribution >= 0.6 is 15.9 Å². The van der Waals surface area contributed by atoms with Crippen LogP contribution in [-0.4, -0.2) is 38.1 Å². The van der Waals surface area contributed by atoms with E-state index in [0.29, 0.717) is 11.9 Å². The topological polar surface area (TPSA) is 48.4 Å². The van der Waals surface area contributed by atoms with Crippen molar-refractivity contribution in [3.63, 3.8) is 0 Å². The SMILES string of the molecule is CC1CN(C(=N)Nc2ccccc2)c2ccc3c(Br)cccc3c21.FC(F)(F)COCC(F)(F)F. The van der Waals surface area contributed by atoms with Crippen LogP contribution in [0.1, 0.15) is 18.4 Å². The number of rotatable bonds is 3. The van der Waals surface area contributed by atoms with Gasteiger partial charge in [0, 0.05) is 28.3 Å². The molecule has 1 atom stereocenters. The van der Waals surface area contributed by atoms with Gasteiger partial charge in [-0.15, -0.1) is 0 Å². The third kappa shape index (κ3) is 7.35. The van der Waals surface area contributed by atoms with Gasteiger partial charge < -0.3 is 15.0 Å². The fourth-order valence-electron chi connectivity index (χ4n) is 3.77. The summed E-state index contributed by atoms with van der Waals surface area (Å²) < 4.78 is 71.3. The Morgan fingerprint density at radius 2 is 1.57 bits per heavy atom. The number of anilines is 2. The number of para-hydroxylation sites is 1. The molecule has 1 unspecified atom stereocenters. The molecule has 3 aromatic carbocycles. The maximum atomic E-state index is 11.1. The minimum absolute atomic E-state index is 0.385. The van der Waals surface area contributed by atoms with E-state index in [9.17, 15) is 26.3 Å². The number of nitrogens with zero attached hydrogens (tertiary/aromatic N) is 1. The monoisotopic (exact) mass is 561 g/mol. The van der Waals surface area contributed by atoms with Gasteiger partial charge in [-0.1, -0.05) is 59.3 Å². The van der Waals surface area contributed by atoms with Crippen molar-refractivity contribution in [3.8, 4) is 0 Å². The molecule has 11 heteroatoms. The third-order valence-electron chi connectivity index (χ3n) is 5.10. The average molecular weight is 562 g/mol. The molecule has 1 heterocycles. The van der Waals surface area contributed by atoms with Gasteiger partial charge in [-0.05, 0) is 40.6 Å². The molecule has 0 saturated carbocycles. The van der Waals surface area contributed by atoms with E-state index in [1.807, 2.05) is 30.3 Å². The molecule has 0 amide bonds. The molecule has 0 aromatic heterocycles. The normalized spacial score (nSPS) is 15.4. The zero-order valence-electron chi connectivity index (χ0n) is 18.5. The van der Waals surface area contributed by atoms with Gasteiger partial charge in [0.2, 0.25) is 0 Å². The van der Waals surface area contributed by atoms with E-state index in [0.717, 1.165) is 22.4 Å². The van der Waals surface area contributed by atoms with E-state index in [-0.39, 0.29) is 0 Å². The van der Waals surface area contributed by atoms with Crippen LogP contribution in [0.4, 0.5) is 37.7 Å². The molecule has 0 radical (unpaired) electrons. The maximum Gasteiger partial charge on any atom is 0.411 e. The Hall–Kier alpha value is -2.79. The van der Waals surface area contributed by atoms with Gasteiger partial charge in [0.15, 0.2) is 5.96 Å². The highest BCUT2D eigenvalue weighted by Gasteiger charge is 2.33. The minimum Gasteiger partial charge on any atom is -0.363 e. The van der Waals surface area contributed by atoms with Crippen molar-refractivity contribution in [2.45, 2.75) is 25.2 Å². The highest BCUT2D eigenvalue weighted by molar-refractivity contribution is 9.10. The number of ether oxygens (including phenoxy) is 1. The van der Waals surface area contributed by atoms with E-state index in [2.05, 4.69) is 68.1 Å². The Bertz CT molecular complexity index is 1150. The summed E-state index contributed by atoms with van der Waals surface area (Å²) in [6, 6.07) is 20.5. The molecule has 2 N–H and O–H groups in total. The molecule has 0 bridgehead atoms. The molecule has 0 saturated heterocycles. The van der Waals surface area contributed by atoms with Crippen LogP contribution < -0.4 is 10.2 Å². The standard InChI is InChI=1S/C20H18BrN3.C4H4F6O/c1-13-12-24(20(22)23-14-6-3-2-4-7-14)18-11-10-15-16(19(13)18)8-5-9-17(15)21;5-3(6,7)1-11-2-4(8,9)10/h2-11,13H,12H2,1H3,(H2,22,23);1-2H2. The summed E-state index contributed by atoms with van der Waals surface area (Å²) >= 11 is 3.65. The first-order valence-electron chi connectivity index (χ1n) is 10.5. The zero-order valence-corrected chi connectivity index (χ0v) is 20.1. The van der Waals surface area contributed by atoms with Crippen molar-refractivity contribution >= 4 is 44.0 Å². The van der Waals surface area contributed by atoms with Crippen molar-refractivity contribution in [1.82, 2.24) is 0 Å². The number of hydrogen-bond donors (Lipinski definition) is 2. The van der Waals surface area contributed by atoms with E-state index in [1.165, 1.54) is 16.3 Å². The van der Waals surface area contributed by atoms with Gasteiger partial charge in [0.25, 0.3) is 0 Å². The fourth-order valence-corrected chi connectivity index (χ4v) is 4.27. The van der Waals surface area contributed by atoms with Crippen LogP contribution in [0, 0.1) is 5.41 Å². The molecular formula is C24H22BrF6N3O. The van der Waals surface area contributed by atoms with Gasteiger partial charge in [0.05, 0.1) is 0 Å². The summed E-state index contributed by atoms with van der Waals surface area (Å²) in [5, 5.41) is 14.2. The first kappa shape index (κ1) is 26.8. The largest absolute Gasteiger partial charge is 0.411 e. The molecule has 188 valence electrons. The quantitative estimate of drug-likeness (QED) is 0.196. The molecule has 0 spiro atoms. The van der Waals surface area contributed by atoms with Crippen molar-refractivity contribution in [3.05, 3.63) is 70.7 Å². The molecule has 1 aliphatic rings. The van der Waals surface area contributed by atoms with Crippen LogP contribution in [-0.2, 0) is 4.74 Å².